The van der Waals surface area contributed by atoms with Gasteiger partial charge >= 0.3 is 5.97 Å². The second-order valence-electron chi connectivity index (χ2n) is 3.65. The Labute approximate surface area is 113 Å². The van der Waals surface area contributed by atoms with Crippen molar-refractivity contribution >= 4 is 23.4 Å². The number of aromatic carboxylic acids is 1. The molecule has 19 heavy (non-hydrogen) atoms. The number of carboxylic acids is 1. The van der Waals surface area contributed by atoms with Gasteiger partial charge in [0.1, 0.15) is 0 Å². The van der Waals surface area contributed by atoms with Crippen molar-refractivity contribution in [3.05, 3.63) is 64.2 Å². The number of non-ortho nitro benzene ring substituents is 1. The third-order valence-electron chi connectivity index (χ3n) is 2.39. The number of benzene rings is 2. The lowest BCUT2D eigenvalue weighted by Gasteiger charge is -2.05. The third-order valence-corrected chi connectivity index (χ3v) is 3.48. The zero-order valence-corrected chi connectivity index (χ0v) is 10.5. The lowest BCUT2D eigenvalue weighted by atomic mass is 10.2. The molecule has 2 aromatic carbocycles. The minimum Gasteiger partial charge on any atom is -0.478 e. The summed E-state index contributed by atoms with van der Waals surface area (Å²) in [5.41, 5.74) is 0.224. The van der Waals surface area contributed by atoms with Crippen LogP contribution in [0.15, 0.2) is 58.3 Å². The predicted octanol–water partition coefficient (Wildman–Crippen LogP) is 3.44. The number of carbonyl (C=O) groups is 1. The molecule has 0 aliphatic carbocycles. The molecule has 0 aliphatic heterocycles. The first-order chi connectivity index (χ1) is 9.08. The second-order valence-corrected chi connectivity index (χ2v) is 4.77. The number of nitrogens with zero attached hydrogens (tertiary/aromatic N) is 1. The summed E-state index contributed by atoms with van der Waals surface area (Å²) in [5, 5.41) is 19.6. The highest BCUT2D eigenvalue weighted by Gasteiger charge is 2.11. The predicted molar refractivity (Wildman–Crippen MR) is 70.6 cm³/mol. The van der Waals surface area contributed by atoms with E-state index in [0.717, 1.165) is 4.90 Å². The summed E-state index contributed by atoms with van der Waals surface area (Å²) >= 11 is 1.26. The van der Waals surface area contributed by atoms with Crippen molar-refractivity contribution in [2.45, 2.75) is 9.79 Å². The average Bonchev–Trinajstić information content (AvgIpc) is 2.39. The van der Waals surface area contributed by atoms with E-state index in [4.69, 9.17) is 5.11 Å². The molecule has 2 aromatic rings. The van der Waals surface area contributed by atoms with Crippen molar-refractivity contribution in [3.63, 3.8) is 0 Å². The molecule has 0 saturated carbocycles. The number of carboxylic acid groups (broad SMARTS) is 1. The van der Waals surface area contributed by atoms with E-state index in [1.54, 1.807) is 30.3 Å². The molecule has 0 amide bonds. The van der Waals surface area contributed by atoms with Crippen molar-refractivity contribution < 1.29 is 14.8 Å². The zero-order chi connectivity index (χ0) is 13.8. The molecule has 0 spiro atoms. The fourth-order valence-corrected chi connectivity index (χ4v) is 2.43. The summed E-state index contributed by atoms with van der Waals surface area (Å²) in [7, 11) is 0. The lowest BCUT2D eigenvalue weighted by Crippen LogP contribution is -1.97. The van der Waals surface area contributed by atoms with Crippen molar-refractivity contribution in [2.24, 2.45) is 0 Å². The van der Waals surface area contributed by atoms with Gasteiger partial charge in [0.2, 0.25) is 0 Å². The smallest absolute Gasteiger partial charge is 0.336 e. The highest BCUT2D eigenvalue weighted by molar-refractivity contribution is 7.99. The van der Waals surface area contributed by atoms with Gasteiger partial charge in [-0.05, 0) is 24.3 Å². The Morgan fingerprint density at radius 2 is 1.74 bits per heavy atom. The first-order valence-electron chi connectivity index (χ1n) is 5.32. The molecule has 0 fully saturated rings. The van der Waals surface area contributed by atoms with E-state index in [-0.39, 0.29) is 11.3 Å². The van der Waals surface area contributed by atoms with E-state index in [1.807, 2.05) is 0 Å². The van der Waals surface area contributed by atoms with Crippen LogP contribution in [0, 0.1) is 10.1 Å². The molecule has 0 heterocycles. The SMILES string of the molecule is O=C(O)c1ccccc1Sc1ccc([N+](=O)[O-])cc1. The van der Waals surface area contributed by atoms with Crippen LogP contribution >= 0.6 is 11.8 Å². The Morgan fingerprint density at radius 3 is 2.32 bits per heavy atom. The molecule has 6 heteroatoms. The number of nitro benzene ring substituents is 1. The summed E-state index contributed by atoms with van der Waals surface area (Å²) in [6.07, 6.45) is 0. The fraction of sp³-hybridized carbons (Fsp3) is 0. The summed E-state index contributed by atoms with van der Waals surface area (Å²) in [5.74, 6) is -0.995. The Bertz CT molecular complexity index is 625. The molecule has 0 bridgehead atoms. The lowest BCUT2D eigenvalue weighted by molar-refractivity contribution is -0.384. The molecular weight excluding hydrogens is 266 g/mol. The van der Waals surface area contributed by atoms with Gasteiger partial charge in [-0.25, -0.2) is 4.79 Å². The maximum Gasteiger partial charge on any atom is 0.336 e. The molecule has 0 unspecified atom stereocenters. The molecule has 0 saturated heterocycles. The topological polar surface area (TPSA) is 80.4 Å². The van der Waals surface area contributed by atoms with Gasteiger partial charge in [-0.3, -0.25) is 10.1 Å². The Hall–Kier alpha value is -2.34. The maximum atomic E-state index is 11.1. The summed E-state index contributed by atoms with van der Waals surface area (Å²) in [6, 6.07) is 12.6. The summed E-state index contributed by atoms with van der Waals surface area (Å²) < 4.78 is 0. The van der Waals surface area contributed by atoms with Gasteiger partial charge in [0.25, 0.3) is 5.69 Å². The van der Waals surface area contributed by atoms with Crippen LogP contribution in [0.5, 0.6) is 0 Å². The van der Waals surface area contributed by atoms with Crippen LogP contribution in [0.1, 0.15) is 10.4 Å². The molecule has 0 atom stereocenters. The van der Waals surface area contributed by atoms with Gasteiger partial charge in [0.15, 0.2) is 0 Å². The van der Waals surface area contributed by atoms with Crippen molar-refractivity contribution in [1.29, 1.82) is 0 Å². The number of hydrogen-bond donors (Lipinski definition) is 1. The monoisotopic (exact) mass is 275 g/mol. The van der Waals surface area contributed by atoms with Crippen LogP contribution in [0.2, 0.25) is 0 Å². The molecule has 5 nitrogen and oxygen atoms in total. The van der Waals surface area contributed by atoms with Gasteiger partial charge in [-0.2, -0.15) is 0 Å². The first kappa shape index (κ1) is 13.1. The normalized spacial score (nSPS) is 10.1. The van der Waals surface area contributed by atoms with E-state index in [0.29, 0.717) is 4.90 Å². The number of hydrogen-bond acceptors (Lipinski definition) is 4. The van der Waals surface area contributed by atoms with Crippen molar-refractivity contribution in [1.82, 2.24) is 0 Å². The maximum absolute atomic E-state index is 11.1. The second kappa shape index (κ2) is 5.53. The highest BCUT2D eigenvalue weighted by Crippen LogP contribution is 2.31. The Balaban J connectivity index is 2.26. The van der Waals surface area contributed by atoms with Gasteiger partial charge in [0.05, 0.1) is 10.5 Å². The molecule has 0 radical (unpaired) electrons. The van der Waals surface area contributed by atoms with Gasteiger partial charge < -0.3 is 5.11 Å². The van der Waals surface area contributed by atoms with Crippen LogP contribution in [0.4, 0.5) is 5.69 Å². The van der Waals surface area contributed by atoms with E-state index in [1.165, 1.54) is 30.0 Å². The van der Waals surface area contributed by atoms with Crippen molar-refractivity contribution in [3.8, 4) is 0 Å². The third kappa shape index (κ3) is 3.11. The van der Waals surface area contributed by atoms with E-state index < -0.39 is 10.9 Å². The molecule has 0 aliphatic rings. The minimum atomic E-state index is -0.995. The average molecular weight is 275 g/mol. The molecule has 96 valence electrons. The summed E-state index contributed by atoms with van der Waals surface area (Å²) in [4.78, 5) is 22.5. The molecule has 0 aromatic heterocycles. The van der Waals surface area contributed by atoms with Gasteiger partial charge in [-0.1, -0.05) is 23.9 Å². The van der Waals surface area contributed by atoms with E-state index in [2.05, 4.69) is 0 Å². The van der Waals surface area contributed by atoms with Crippen LogP contribution < -0.4 is 0 Å². The van der Waals surface area contributed by atoms with Gasteiger partial charge in [-0.15, -0.1) is 0 Å². The van der Waals surface area contributed by atoms with Crippen LogP contribution in [-0.2, 0) is 0 Å². The van der Waals surface area contributed by atoms with Crippen molar-refractivity contribution in [2.75, 3.05) is 0 Å². The standard InChI is InChI=1S/C13H9NO4S/c15-13(16)11-3-1-2-4-12(11)19-10-7-5-9(6-8-10)14(17)18/h1-8H,(H,15,16). The fourth-order valence-electron chi connectivity index (χ4n) is 1.50. The van der Waals surface area contributed by atoms with Crippen LogP contribution in [0.3, 0.4) is 0 Å². The number of nitro groups is 1. The molecular formula is C13H9NO4S. The van der Waals surface area contributed by atoms with Gasteiger partial charge in [0, 0.05) is 21.9 Å². The summed E-state index contributed by atoms with van der Waals surface area (Å²) in [6.45, 7) is 0. The Kier molecular flexibility index (Phi) is 3.82. The van der Waals surface area contributed by atoms with Crippen LogP contribution in [-0.4, -0.2) is 16.0 Å². The number of rotatable bonds is 4. The van der Waals surface area contributed by atoms with E-state index >= 15 is 0 Å². The first-order valence-corrected chi connectivity index (χ1v) is 6.14. The highest BCUT2D eigenvalue weighted by atomic mass is 32.2. The molecule has 1 N–H and O–H groups in total. The minimum absolute atomic E-state index is 0.0101. The zero-order valence-electron chi connectivity index (χ0n) is 9.65. The largest absolute Gasteiger partial charge is 0.478 e. The molecule has 2 rings (SSSR count). The van der Waals surface area contributed by atoms with E-state index in [9.17, 15) is 14.9 Å². The Morgan fingerprint density at radius 1 is 1.11 bits per heavy atom. The quantitative estimate of drug-likeness (QED) is 0.682. The van der Waals surface area contributed by atoms with Crippen LogP contribution in [0.25, 0.3) is 0 Å².